The first-order valence-corrected chi connectivity index (χ1v) is 11.6. The average Bonchev–Trinajstić information content (AvgIpc) is 3.27. The van der Waals surface area contributed by atoms with Crippen molar-refractivity contribution in [3.05, 3.63) is 88.7 Å². The van der Waals surface area contributed by atoms with Crippen molar-refractivity contribution in [1.82, 2.24) is 4.98 Å². The molecule has 3 aromatic rings. The van der Waals surface area contributed by atoms with E-state index in [0.717, 1.165) is 28.1 Å². The van der Waals surface area contributed by atoms with Crippen LogP contribution >= 0.6 is 0 Å². The molecule has 2 aromatic carbocycles. The van der Waals surface area contributed by atoms with Crippen LogP contribution in [0.4, 0.5) is 0 Å². The lowest BCUT2D eigenvalue weighted by molar-refractivity contribution is -0.141. The number of carboxylic acid groups (broad SMARTS) is 1. The van der Waals surface area contributed by atoms with Crippen LogP contribution in [0.25, 0.3) is 0 Å². The highest BCUT2D eigenvalue weighted by Crippen LogP contribution is 2.24. The van der Waals surface area contributed by atoms with Crippen molar-refractivity contribution in [1.29, 1.82) is 5.41 Å². The molecule has 34 heavy (non-hydrogen) atoms. The highest BCUT2D eigenvalue weighted by Gasteiger charge is 2.23. The largest absolute Gasteiger partial charge is 0.489 e. The summed E-state index contributed by atoms with van der Waals surface area (Å²) in [5.74, 6) is -1.16. The van der Waals surface area contributed by atoms with Gasteiger partial charge in [-0.25, -0.2) is 0 Å². The molecule has 1 aromatic heterocycles. The van der Waals surface area contributed by atoms with E-state index < -0.39 is 11.9 Å². The predicted molar refractivity (Wildman–Crippen MR) is 133 cm³/mol. The van der Waals surface area contributed by atoms with Gasteiger partial charge in [-0.15, -0.1) is 0 Å². The minimum atomic E-state index is -0.849. The third-order valence-electron chi connectivity index (χ3n) is 6.12. The van der Waals surface area contributed by atoms with Crippen LogP contribution in [0.1, 0.15) is 54.1 Å². The van der Waals surface area contributed by atoms with E-state index in [1.807, 2.05) is 55.5 Å². The van der Waals surface area contributed by atoms with Crippen LogP contribution in [-0.2, 0) is 29.0 Å². The highest BCUT2D eigenvalue weighted by molar-refractivity contribution is 6.41. The van der Waals surface area contributed by atoms with Gasteiger partial charge in [-0.3, -0.25) is 9.59 Å². The van der Waals surface area contributed by atoms with E-state index in [0.29, 0.717) is 19.4 Å². The summed E-state index contributed by atoms with van der Waals surface area (Å²) in [6.07, 6.45) is 2.93. The zero-order valence-corrected chi connectivity index (χ0v) is 19.9. The van der Waals surface area contributed by atoms with Gasteiger partial charge in [-0.2, -0.15) is 0 Å². The summed E-state index contributed by atoms with van der Waals surface area (Å²) in [6.45, 7) is 6.14. The summed E-state index contributed by atoms with van der Waals surface area (Å²) in [4.78, 5) is 27.1. The molecular weight excluding hydrogens is 428 g/mol. The van der Waals surface area contributed by atoms with E-state index >= 15 is 0 Å². The van der Waals surface area contributed by atoms with Gasteiger partial charge in [0.1, 0.15) is 12.4 Å². The number of nitrogens with one attached hydrogen (secondary N) is 2. The van der Waals surface area contributed by atoms with Crippen LogP contribution in [0.2, 0.25) is 0 Å². The summed E-state index contributed by atoms with van der Waals surface area (Å²) < 4.78 is 5.87. The molecule has 0 aliphatic carbocycles. The van der Waals surface area contributed by atoms with Crippen molar-refractivity contribution in [3.8, 4) is 5.75 Å². The molecule has 0 aliphatic rings. The van der Waals surface area contributed by atoms with Crippen molar-refractivity contribution in [2.75, 3.05) is 0 Å². The van der Waals surface area contributed by atoms with Crippen LogP contribution in [0.15, 0.2) is 60.8 Å². The molecule has 2 unspecified atom stereocenters. The second-order valence-electron chi connectivity index (χ2n) is 8.74. The molecule has 6 nitrogen and oxygen atoms in total. The molecule has 1 heterocycles. The Kier molecular flexibility index (Phi) is 8.41. The van der Waals surface area contributed by atoms with Crippen molar-refractivity contribution in [3.63, 3.8) is 0 Å². The fourth-order valence-electron chi connectivity index (χ4n) is 3.91. The number of rotatable bonds is 12. The summed E-state index contributed by atoms with van der Waals surface area (Å²) in [6, 6.07) is 17.4. The second-order valence-corrected chi connectivity index (χ2v) is 8.74. The first kappa shape index (κ1) is 25.0. The summed E-state index contributed by atoms with van der Waals surface area (Å²) in [5, 5.41) is 17.6. The topological polar surface area (TPSA) is 103 Å². The number of H-pyrrole nitrogens is 1. The van der Waals surface area contributed by atoms with Crippen LogP contribution < -0.4 is 4.74 Å². The van der Waals surface area contributed by atoms with E-state index in [2.05, 4.69) is 18.0 Å². The van der Waals surface area contributed by atoms with Gasteiger partial charge in [0.25, 0.3) is 0 Å². The van der Waals surface area contributed by atoms with E-state index in [9.17, 15) is 9.59 Å². The predicted octanol–water partition coefficient (Wildman–Crippen LogP) is 5.49. The number of benzene rings is 2. The molecule has 0 saturated carbocycles. The van der Waals surface area contributed by atoms with Gasteiger partial charge in [0.15, 0.2) is 5.78 Å². The Morgan fingerprint density at radius 3 is 2.47 bits per heavy atom. The van der Waals surface area contributed by atoms with Crippen LogP contribution in [0.3, 0.4) is 0 Å². The van der Waals surface area contributed by atoms with Gasteiger partial charge in [0.2, 0.25) is 0 Å². The summed E-state index contributed by atoms with van der Waals surface area (Å²) in [7, 11) is 0. The third kappa shape index (κ3) is 6.44. The van der Waals surface area contributed by atoms with Crippen molar-refractivity contribution in [2.45, 2.75) is 52.6 Å². The number of aromatic amines is 1. The number of aliphatic carboxylic acids is 1. The first-order chi connectivity index (χ1) is 16.3. The van der Waals surface area contributed by atoms with Gasteiger partial charge < -0.3 is 20.2 Å². The van der Waals surface area contributed by atoms with Crippen molar-refractivity contribution in [2.24, 2.45) is 5.92 Å². The maximum Gasteiger partial charge on any atom is 0.306 e. The second kappa shape index (κ2) is 11.5. The summed E-state index contributed by atoms with van der Waals surface area (Å²) >= 11 is 0. The molecule has 0 aliphatic heterocycles. The lowest BCUT2D eigenvalue weighted by Gasteiger charge is -2.14. The van der Waals surface area contributed by atoms with Gasteiger partial charge in [-0.1, -0.05) is 50.2 Å². The molecule has 178 valence electrons. The quantitative estimate of drug-likeness (QED) is 0.311. The maximum absolute atomic E-state index is 12.8. The van der Waals surface area contributed by atoms with Gasteiger partial charge in [0.05, 0.1) is 11.6 Å². The number of hydrogen-bond donors (Lipinski definition) is 3. The number of ketones is 1. The Balaban J connectivity index is 1.58. The maximum atomic E-state index is 12.8. The number of carbonyl (C=O) groups excluding carboxylic acids is 1. The van der Waals surface area contributed by atoms with Crippen LogP contribution in [0, 0.1) is 18.3 Å². The Morgan fingerprint density at radius 1 is 1.12 bits per heavy atom. The number of hydrogen-bond acceptors (Lipinski definition) is 4. The van der Waals surface area contributed by atoms with Gasteiger partial charge >= 0.3 is 5.97 Å². The SMILES string of the molecule is CCC(C(=N)C(=O)Cc1ccc(OCc2ccccc2C)cc1)c1c[nH]c(CC(C)C(=O)O)c1. The average molecular weight is 461 g/mol. The van der Waals surface area contributed by atoms with E-state index in [1.54, 1.807) is 13.1 Å². The number of carbonyl (C=O) groups is 2. The normalized spacial score (nSPS) is 12.7. The summed E-state index contributed by atoms with van der Waals surface area (Å²) in [5.41, 5.74) is 4.85. The van der Waals surface area contributed by atoms with Crippen molar-refractivity contribution >= 4 is 17.5 Å². The van der Waals surface area contributed by atoms with Crippen LogP contribution in [-0.4, -0.2) is 27.6 Å². The van der Waals surface area contributed by atoms with E-state index in [1.165, 1.54) is 5.56 Å². The van der Waals surface area contributed by atoms with Gasteiger partial charge in [-0.05, 0) is 53.8 Å². The monoisotopic (exact) mass is 460 g/mol. The molecule has 0 fully saturated rings. The molecular formula is C28H32N2O4. The fourth-order valence-corrected chi connectivity index (χ4v) is 3.91. The number of Topliss-reactive ketones (excluding diaryl/α,β-unsaturated/α-hetero) is 1. The number of aromatic nitrogens is 1. The Bertz CT molecular complexity index is 1150. The first-order valence-electron chi connectivity index (χ1n) is 11.6. The molecule has 3 rings (SSSR count). The highest BCUT2D eigenvalue weighted by atomic mass is 16.5. The zero-order valence-electron chi connectivity index (χ0n) is 19.9. The standard InChI is InChI=1S/C28H32N2O4/c1-4-25(22-15-23(30-16-22)13-19(3)28(32)33)27(29)26(31)14-20-9-11-24(12-10-20)34-17-21-8-6-5-7-18(21)2/h5-12,15-16,19,25,29-30H,4,13-14,17H2,1-3H3,(H,32,33). The molecule has 3 N–H and O–H groups in total. The van der Waals surface area contributed by atoms with E-state index in [4.69, 9.17) is 15.3 Å². The lowest BCUT2D eigenvalue weighted by atomic mass is 9.89. The molecule has 0 radical (unpaired) electrons. The molecule has 0 saturated heterocycles. The van der Waals surface area contributed by atoms with Crippen molar-refractivity contribution < 1.29 is 19.4 Å². The minimum Gasteiger partial charge on any atom is -0.489 e. The molecule has 6 heteroatoms. The fraction of sp³-hybridized carbons (Fsp3) is 0.321. The number of carboxylic acids is 1. The smallest absolute Gasteiger partial charge is 0.306 e. The minimum absolute atomic E-state index is 0.0687. The molecule has 0 spiro atoms. The molecule has 0 bridgehead atoms. The third-order valence-corrected chi connectivity index (χ3v) is 6.12. The Hall–Kier alpha value is -3.67. The lowest BCUT2D eigenvalue weighted by Crippen LogP contribution is -2.22. The number of aryl methyl sites for hydroxylation is 1. The van der Waals surface area contributed by atoms with Gasteiger partial charge in [0, 0.05) is 30.7 Å². The van der Waals surface area contributed by atoms with E-state index in [-0.39, 0.29) is 23.8 Å². The van der Waals surface area contributed by atoms with Crippen LogP contribution in [0.5, 0.6) is 5.75 Å². The molecule has 0 amide bonds. The Morgan fingerprint density at radius 2 is 1.82 bits per heavy atom. The number of ether oxygens (including phenoxy) is 1. The molecule has 2 atom stereocenters. The Labute approximate surface area is 200 Å². The zero-order chi connectivity index (χ0) is 24.7.